The minimum absolute atomic E-state index is 0.0376. The number of benzene rings is 1. The smallest absolute Gasteiger partial charge is 0.387 e. The zero-order chi connectivity index (χ0) is 9.19. The topological polar surface area (TPSA) is 9.23 Å². The minimum atomic E-state index is -3.87. The standard InChI is InChI=1S/C7H5BrF2O/c8-5-2-1-3-6(4-5)11-7(9)10/h1-4,7H/i7D. The number of hydrogen-bond donors (Lipinski definition) is 0. The van der Waals surface area contributed by atoms with Gasteiger partial charge >= 0.3 is 6.59 Å². The molecule has 60 valence electrons. The van der Waals surface area contributed by atoms with Crippen molar-refractivity contribution in [3.8, 4) is 5.75 Å². The molecule has 0 aliphatic rings. The fourth-order valence-corrected chi connectivity index (χ4v) is 0.998. The van der Waals surface area contributed by atoms with Crippen molar-refractivity contribution in [1.29, 1.82) is 0 Å². The van der Waals surface area contributed by atoms with Gasteiger partial charge in [-0.05, 0) is 18.2 Å². The molecule has 0 fully saturated rings. The molecule has 0 saturated carbocycles. The van der Waals surface area contributed by atoms with Gasteiger partial charge in [-0.3, -0.25) is 0 Å². The van der Waals surface area contributed by atoms with Crippen molar-refractivity contribution < 1.29 is 14.9 Å². The van der Waals surface area contributed by atoms with Crippen molar-refractivity contribution in [2.45, 2.75) is 6.59 Å². The minimum Gasteiger partial charge on any atom is -0.435 e. The molecule has 1 aromatic rings. The Morgan fingerprint density at radius 3 is 2.82 bits per heavy atom. The van der Waals surface area contributed by atoms with Gasteiger partial charge in [-0.1, -0.05) is 22.0 Å². The Labute approximate surface area is 72.5 Å². The van der Waals surface area contributed by atoms with Crippen molar-refractivity contribution in [1.82, 2.24) is 0 Å². The Bertz CT molecular complexity index is 274. The van der Waals surface area contributed by atoms with Gasteiger partial charge in [-0.25, -0.2) is 0 Å². The van der Waals surface area contributed by atoms with Gasteiger partial charge in [0.15, 0.2) is 1.37 Å². The summed E-state index contributed by atoms with van der Waals surface area (Å²) in [6, 6.07) is 5.94. The van der Waals surface area contributed by atoms with Crippen LogP contribution in [0.1, 0.15) is 1.37 Å². The largest absolute Gasteiger partial charge is 0.435 e. The van der Waals surface area contributed by atoms with E-state index in [1.54, 1.807) is 12.1 Å². The van der Waals surface area contributed by atoms with E-state index in [1.165, 1.54) is 12.1 Å². The highest BCUT2D eigenvalue weighted by atomic mass is 79.9. The van der Waals surface area contributed by atoms with Crippen LogP contribution < -0.4 is 4.74 Å². The van der Waals surface area contributed by atoms with E-state index in [0.717, 1.165) is 0 Å². The number of ether oxygens (including phenoxy) is 1. The first kappa shape index (κ1) is 7.03. The average molecular weight is 224 g/mol. The summed E-state index contributed by atoms with van der Waals surface area (Å²) < 4.78 is 34.7. The second-order valence-electron chi connectivity index (χ2n) is 1.79. The number of halogens is 3. The molecular formula is C7H5BrF2O. The highest BCUT2D eigenvalue weighted by Crippen LogP contribution is 2.19. The molecule has 0 heterocycles. The lowest BCUT2D eigenvalue weighted by Crippen LogP contribution is -2.01. The molecule has 0 unspecified atom stereocenters. The normalized spacial score (nSPS) is 12.5. The fourth-order valence-electron chi connectivity index (χ4n) is 0.620. The van der Waals surface area contributed by atoms with E-state index in [1.807, 2.05) is 0 Å². The molecule has 0 aliphatic heterocycles. The lowest BCUT2D eigenvalue weighted by molar-refractivity contribution is -0.0498. The van der Waals surface area contributed by atoms with Crippen LogP contribution in [0.4, 0.5) is 8.78 Å². The van der Waals surface area contributed by atoms with Crippen LogP contribution >= 0.6 is 15.9 Å². The first-order chi connectivity index (χ1) is 5.47. The van der Waals surface area contributed by atoms with Gasteiger partial charge in [0.1, 0.15) is 5.75 Å². The van der Waals surface area contributed by atoms with E-state index in [-0.39, 0.29) is 5.75 Å². The SMILES string of the molecule is [2H]C(F)(F)Oc1cccc(Br)c1. The predicted octanol–water partition coefficient (Wildman–Crippen LogP) is 3.05. The molecule has 0 bridgehead atoms. The summed E-state index contributed by atoms with van der Waals surface area (Å²) >= 11 is 3.08. The van der Waals surface area contributed by atoms with Crippen LogP contribution in [-0.4, -0.2) is 6.59 Å². The summed E-state index contributed by atoms with van der Waals surface area (Å²) in [4.78, 5) is 0. The molecule has 0 amide bonds. The van der Waals surface area contributed by atoms with Crippen LogP contribution in [0.25, 0.3) is 0 Å². The fraction of sp³-hybridized carbons (Fsp3) is 0.143. The van der Waals surface area contributed by atoms with Gasteiger partial charge in [0.2, 0.25) is 0 Å². The van der Waals surface area contributed by atoms with E-state index < -0.39 is 6.59 Å². The Balaban J connectivity index is 2.77. The lowest BCUT2D eigenvalue weighted by Gasteiger charge is -2.02. The van der Waals surface area contributed by atoms with Crippen LogP contribution in [0, 0.1) is 0 Å². The molecule has 0 aromatic heterocycles. The van der Waals surface area contributed by atoms with Crippen molar-refractivity contribution in [3.63, 3.8) is 0 Å². The third-order valence-corrected chi connectivity index (χ3v) is 1.48. The van der Waals surface area contributed by atoms with Gasteiger partial charge in [0.05, 0.1) is 0 Å². The molecule has 0 atom stereocenters. The molecule has 0 radical (unpaired) electrons. The first-order valence-electron chi connectivity index (χ1n) is 3.30. The summed E-state index contributed by atoms with van der Waals surface area (Å²) in [6.45, 7) is -3.87. The third kappa shape index (κ3) is 2.84. The molecule has 1 nitrogen and oxygen atoms in total. The highest BCUT2D eigenvalue weighted by molar-refractivity contribution is 9.10. The highest BCUT2D eigenvalue weighted by Gasteiger charge is 2.02. The van der Waals surface area contributed by atoms with Crippen molar-refractivity contribution in [2.75, 3.05) is 0 Å². The van der Waals surface area contributed by atoms with Gasteiger partial charge in [-0.2, -0.15) is 8.78 Å². The molecular weight excluding hydrogens is 218 g/mol. The van der Waals surface area contributed by atoms with Crippen LogP contribution in [0.5, 0.6) is 5.75 Å². The maximum atomic E-state index is 12.0. The quantitative estimate of drug-likeness (QED) is 0.750. The monoisotopic (exact) mass is 223 g/mol. The molecule has 0 spiro atoms. The molecule has 4 heteroatoms. The van der Waals surface area contributed by atoms with Crippen LogP contribution in [0.3, 0.4) is 0 Å². The Morgan fingerprint density at radius 1 is 1.55 bits per heavy atom. The summed E-state index contributed by atoms with van der Waals surface area (Å²) in [6.07, 6.45) is 0. The zero-order valence-electron chi connectivity index (χ0n) is 6.35. The summed E-state index contributed by atoms with van der Waals surface area (Å²) in [5, 5.41) is 0. The van der Waals surface area contributed by atoms with E-state index in [4.69, 9.17) is 1.37 Å². The number of rotatable bonds is 2. The Kier molecular flexibility index (Phi) is 2.34. The first-order valence-corrected chi connectivity index (χ1v) is 3.59. The molecule has 1 rings (SSSR count). The van der Waals surface area contributed by atoms with E-state index in [0.29, 0.717) is 4.47 Å². The number of alkyl halides is 2. The van der Waals surface area contributed by atoms with Crippen molar-refractivity contribution >= 4 is 15.9 Å². The van der Waals surface area contributed by atoms with Gasteiger partial charge in [0.25, 0.3) is 0 Å². The maximum absolute atomic E-state index is 12.0. The van der Waals surface area contributed by atoms with E-state index in [9.17, 15) is 8.78 Å². The van der Waals surface area contributed by atoms with Gasteiger partial charge < -0.3 is 4.74 Å². The van der Waals surface area contributed by atoms with Gasteiger partial charge in [0, 0.05) is 4.47 Å². The molecule has 1 aromatic carbocycles. The van der Waals surface area contributed by atoms with Crippen molar-refractivity contribution in [2.24, 2.45) is 0 Å². The lowest BCUT2D eigenvalue weighted by atomic mass is 10.3. The predicted molar refractivity (Wildman–Crippen MR) is 40.8 cm³/mol. The van der Waals surface area contributed by atoms with E-state index in [2.05, 4.69) is 20.7 Å². The molecule has 0 N–H and O–H groups in total. The molecule has 0 saturated heterocycles. The maximum Gasteiger partial charge on any atom is 0.387 e. The zero-order valence-corrected chi connectivity index (χ0v) is 6.94. The Hall–Kier alpha value is -0.640. The number of hydrogen-bond acceptors (Lipinski definition) is 1. The van der Waals surface area contributed by atoms with Crippen LogP contribution in [-0.2, 0) is 0 Å². The third-order valence-electron chi connectivity index (χ3n) is 0.991. The summed E-state index contributed by atoms with van der Waals surface area (Å²) in [7, 11) is 0. The second-order valence-corrected chi connectivity index (χ2v) is 2.70. The second kappa shape index (κ2) is 3.67. The summed E-state index contributed by atoms with van der Waals surface area (Å²) in [5.74, 6) is -0.0376. The van der Waals surface area contributed by atoms with Crippen LogP contribution in [0.15, 0.2) is 28.7 Å². The average Bonchev–Trinajstić information content (AvgIpc) is 1.82. The van der Waals surface area contributed by atoms with Crippen molar-refractivity contribution in [3.05, 3.63) is 28.7 Å². The van der Waals surface area contributed by atoms with Crippen LogP contribution in [0.2, 0.25) is 0 Å². The van der Waals surface area contributed by atoms with E-state index >= 15 is 0 Å². The Morgan fingerprint density at radius 2 is 2.27 bits per heavy atom. The molecule has 11 heavy (non-hydrogen) atoms. The molecule has 0 aliphatic carbocycles. The summed E-state index contributed by atoms with van der Waals surface area (Å²) in [5.41, 5.74) is 0. The van der Waals surface area contributed by atoms with Gasteiger partial charge in [-0.15, -0.1) is 0 Å².